The molecule has 0 saturated heterocycles. The minimum absolute atomic E-state index is 0.127. The van der Waals surface area contributed by atoms with Crippen molar-refractivity contribution in [1.29, 1.82) is 0 Å². The van der Waals surface area contributed by atoms with E-state index < -0.39 is 0 Å². The third-order valence-electron chi connectivity index (χ3n) is 4.33. The van der Waals surface area contributed by atoms with Crippen LogP contribution in [0.25, 0.3) is 6.08 Å². The molecule has 0 aliphatic rings. The first-order chi connectivity index (χ1) is 14.5. The minimum atomic E-state index is -0.341. The topological polar surface area (TPSA) is 52.6 Å². The van der Waals surface area contributed by atoms with Crippen LogP contribution in [0.15, 0.2) is 66.8 Å². The Hall–Kier alpha value is -3.21. The predicted molar refractivity (Wildman–Crippen MR) is 116 cm³/mol. The molecule has 5 heteroatoms. The summed E-state index contributed by atoms with van der Waals surface area (Å²) in [6.45, 7) is 6.17. The van der Waals surface area contributed by atoms with E-state index in [4.69, 9.17) is 9.47 Å². The molecule has 0 saturated carbocycles. The summed E-state index contributed by atoms with van der Waals surface area (Å²) < 4.78 is 23.6. The lowest BCUT2D eigenvalue weighted by molar-refractivity contribution is -0.139. The van der Waals surface area contributed by atoms with Gasteiger partial charge in [0.25, 0.3) is 0 Å². The molecule has 0 fully saturated rings. The number of rotatable bonds is 12. The van der Waals surface area contributed by atoms with Gasteiger partial charge in [-0.1, -0.05) is 24.8 Å². The highest BCUT2D eigenvalue weighted by atomic mass is 19.1. The van der Waals surface area contributed by atoms with Gasteiger partial charge in [-0.05, 0) is 80.6 Å². The second kappa shape index (κ2) is 12.4. The minimum Gasteiger partial charge on any atom is -0.494 e. The quantitative estimate of drug-likeness (QED) is 0.193. The molecule has 4 nitrogen and oxygen atoms in total. The van der Waals surface area contributed by atoms with Crippen LogP contribution in [0.4, 0.5) is 4.39 Å². The zero-order valence-electron chi connectivity index (χ0n) is 17.2. The maximum atomic E-state index is 12.9. The second-order valence-corrected chi connectivity index (χ2v) is 6.95. The van der Waals surface area contributed by atoms with Crippen LogP contribution >= 0.6 is 0 Å². The lowest BCUT2D eigenvalue weighted by Crippen LogP contribution is -2.06. The molecule has 30 heavy (non-hydrogen) atoms. The average Bonchev–Trinajstić information content (AvgIpc) is 2.75. The number of halogens is 1. The Bertz CT molecular complexity index is 867. The number of carbonyl (C=O) groups is 2. The molecule has 0 atom stereocenters. The highest BCUT2D eigenvalue weighted by molar-refractivity contribution is 6.06. The van der Waals surface area contributed by atoms with Crippen LogP contribution in [0.1, 0.15) is 48.5 Å². The van der Waals surface area contributed by atoms with Gasteiger partial charge in [0.15, 0.2) is 5.78 Å². The maximum absolute atomic E-state index is 12.9. The van der Waals surface area contributed by atoms with Crippen molar-refractivity contribution < 1.29 is 23.5 Å². The molecule has 0 radical (unpaired) electrons. The molecular weight excluding hydrogens is 383 g/mol. The molecule has 0 N–H and O–H groups in total. The van der Waals surface area contributed by atoms with E-state index in [0.29, 0.717) is 30.1 Å². The number of carbonyl (C=O) groups excluding carboxylic acids is 2. The van der Waals surface area contributed by atoms with Gasteiger partial charge in [-0.3, -0.25) is 4.79 Å². The largest absolute Gasteiger partial charge is 0.494 e. The summed E-state index contributed by atoms with van der Waals surface area (Å²) in [5.74, 6) is -0.0629. The van der Waals surface area contributed by atoms with Crippen molar-refractivity contribution in [2.24, 2.45) is 0 Å². The van der Waals surface area contributed by atoms with Crippen LogP contribution in [0.2, 0.25) is 0 Å². The van der Waals surface area contributed by atoms with Gasteiger partial charge in [0.2, 0.25) is 0 Å². The number of hydrogen-bond acceptors (Lipinski definition) is 4. The lowest BCUT2D eigenvalue weighted by atomic mass is 10.1. The van der Waals surface area contributed by atoms with Gasteiger partial charge >= 0.3 is 5.97 Å². The highest BCUT2D eigenvalue weighted by Gasteiger charge is 2.04. The Kier molecular flexibility index (Phi) is 9.52. The predicted octanol–water partition coefficient (Wildman–Crippen LogP) is 5.78. The Balaban J connectivity index is 1.64. The number of ether oxygens (including phenoxy) is 2. The fourth-order valence-electron chi connectivity index (χ4n) is 2.59. The molecular formula is C25H27FO4. The Labute approximate surface area is 177 Å². The number of ketones is 1. The van der Waals surface area contributed by atoms with Gasteiger partial charge in [0, 0.05) is 11.1 Å². The molecule has 0 aromatic heterocycles. The van der Waals surface area contributed by atoms with E-state index in [2.05, 4.69) is 6.58 Å². The smallest absolute Gasteiger partial charge is 0.333 e. The van der Waals surface area contributed by atoms with Crippen molar-refractivity contribution >= 4 is 17.8 Å². The summed E-state index contributed by atoms with van der Waals surface area (Å²) in [5.41, 5.74) is 1.74. The van der Waals surface area contributed by atoms with Crippen molar-refractivity contribution in [3.05, 3.63) is 83.7 Å². The van der Waals surface area contributed by atoms with Crippen molar-refractivity contribution in [2.45, 2.75) is 32.6 Å². The third-order valence-corrected chi connectivity index (χ3v) is 4.33. The van der Waals surface area contributed by atoms with Gasteiger partial charge < -0.3 is 9.47 Å². The van der Waals surface area contributed by atoms with Crippen LogP contribution in [-0.2, 0) is 9.53 Å². The normalized spacial score (nSPS) is 10.7. The van der Waals surface area contributed by atoms with E-state index in [1.807, 2.05) is 0 Å². The van der Waals surface area contributed by atoms with E-state index in [9.17, 15) is 14.0 Å². The van der Waals surface area contributed by atoms with Crippen LogP contribution in [-0.4, -0.2) is 25.0 Å². The Morgan fingerprint density at radius 3 is 2.20 bits per heavy atom. The molecule has 2 aromatic rings. The summed E-state index contributed by atoms with van der Waals surface area (Å²) in [7, 11) is 0. The number of esters is 1. The van der Waals surface area contributed by atoms with Crippen molar-refractivity contribution in [3.8, 4) is 5.75 Å². The van der Waals surface area contributed by atoms with Gasteiger partial charge in [-0.25, -0.2) is 9.18 Å². The van der Waals surface area contributed by atoms with Crippen LogP contribution in [0.5, 0.6) is 5.75 Å². The van der Waals surface area contributed by atoms with Gasteiger partial charge in [-0.2, -0.15) is 0 Å². The molecule has 0 bridgehead atoms. The zero-order valence-corrected chi connectivity index (χ0v) is 17.2. The van der Waals surface area contributed by atoms with Crippen LogP contribution in [0.3, 0.4) is 0 Å². The standard InChI is InChI=1S/C25H27FO4/c1-19(2)25(28)30-18-6-4-3-5-17-29-23-14-10-21(11-15-23)24(27)16-9-20-7-12-22(26)13-8-20/h7-16H,1,3-6,17-18H2,2H3. The monoisotopic (exact) mass is 410 g/mol. The molecule has 0 aliphatic carbocycles. The fraction of sp³-hybridized carbons (Fsp3) is 0.280. The summed E-state index contributed by atoms with van der Waals surface area (Å²) in [6, 6.07) is 12.9. The van der Waals surface area contributed by atoms with Gasteiger partial charge in [-0.15, -0.1) is 0 Å². The summed E-state index contributed by atoms with van der Waals surface area (Å²) in [5, 5.41) is 0. The van der Waals surface area contributed by atoms with E-state index in [-0.39, 0.29) is 17.6 Å². The molecule has 0 amide bonds. The average molecular weight is 410 g/mol. The van der Waals surface area contributed by atoms with Crippen molar-refractivity contribution in [2.75, 3.05) is 13.2 Å². The molecule has 0 heterocycles. The molecule has 158 valence electrons. The highest BCUT2D eigenvalue weighted by Crippen LogP contribution is 2.14. The molecule has 0 spiro atoms. The lowest BCUT2D eigenvalue weighted by Gasteiger charge is -2.07. The number of hydrogen-bond donors (Lipinski definition) is 0. The van der Waals surface area contributed by atoms with E-state index in [1.165, 1.54) is 18.2 Å². The SMILES string of the molecule is C=C(C)C(=O)OCCCCCCOc1ccc(C(=O)C=Cc2ccc(F)cc2)cc1. The molecule has 0 aliphatic heterocycles. The van der Waals surface area contributed by atoms with Gasteiger partial charge in [0.1, 0.15) is 11.6 Å². The molecule has 0 unspecified atom stereocenters. The number of unbranched alkanes of at least 4 members (excludes halogenated alkanes) is 3. The Morgan fingerprint density at radius 2 is 1.57 bits per heavy atom. The zero-order chi connectivity index (χ0) is 21.8. The van der Waals surface area contributed by atoms with E-state index in [1.54, 1.807) is 49.4 Å². The third kappa shape index (κ3) is 8.43. The van der Waals surface area contributed by atoms with Crippen LogP contribution < -0.4 is 4.74 Å². The summed E-state index contributed by atoms with van der Waals surface area (Å²) in [4.78, 5) is 23.5. The first-order valence-corrected chi connectivity index (χ1v) is 9.99. The van der Waals surface area contributed by atoms with Gasteiger partial charge in [0.05, 0.1) is 13.2 Å². The van der Waals surface area contributed by atoms with E-state index >= 15 is 0 Å². The van der Waals surface area contributed by atoms with E-state index in [0.717, 1.165) is 31.2 Å². The summed E-state index contributed by atoms with van der Waals surface area (Å²) in [6.07, 6.45) is 6.79. The number of benzene rings is 2. The first kappa shape index (κ1) is 23.1. The first-order valence-electron chi connectivity index (χ1n) is 9.99. The fourth-order valence-corrected chi connectivity index (χ4v) is 2.59. The second-order valence-electron chi connectivity index (χ2n) is 6.95. The van der Waals surface area contributed by atoms with Crippen molar-refractivity contribution in [1.82, 2.24) is 0 Å². The summed E-state index contributed by atoms with van der Waals surface area (Å²) >= 11 is 0. The van der Waals surface area contributed by atoms with Crippen molar-refractivity contribution in [3.63, 3.8) is 0 Å². The molecule has 2 rings (SSSR count). The number of allylic oxidation sites excluding steroid dienone is 1. The Morgan fingerprint density at radius 1 is 0.933 bits per heavy atom. The van der Waals surface area contributed by atoms with Crippen LogP contribution in [0, 0.1) is 5.82 Å². The molecule has 2 aromatic carbocycles. The maximum Gasteiger partial charge on any atom is 0.333 e.